The van der Waals surface area contributed by atoms with Crippen molar-refractivity contribution in [2.24, 2.45) is 17.6 Å². The summed E-state index contributed by atoms with van der Waals surface area (Å²) in [7, 11) is 0. The normalized spacial score (nSPS) is 33.6. The molecule has 0 aromatic rings. The molecule has 0 saturated carbocycles. The summed E-state index contributed by atoms with van der Waals surface area (Å²) in [5, 5.41) is 0. The molecule has 0 amide bonds. The maximum atomic E-state index is 5.95. The second-order valence-electron chi connectivity index (χ2n) is 5.42. The molecule has 0 radical (unpaired) electrons. The van der Waals surface area contributed by atoms with E-state index in [2.05, 4.69) is 39.5 Å². The van der Waals surface area contributed by atoms with Gasteiger partial charge in [-0.05, 0) is 38.6 Å². The Bertz CT molecular complexity index is 191. The molecule has 0 bridgehead atoms. The van der Waals surface area contributed by atoms with Crippen LogP contribution in [0.15, 0.2) is 0 Å². The molecule has 2 N–H and O–H groups in total. The minimum absolute atomic E-state index is 0.185. The first-order valence-corrected chi connectivity index (χ1v) is 5.90. The van der Waals surface area contributed by atoms with Gasteiger partial charge >= 0.3 is 0 Å². The van der Waals surface area contributed by atoms with Crippen LogP contribution in [-0.2, 0) is 0 Å². The molecular formula is C12H26N2. The van der Waals surface area contributed by atoms with Crippen LogP contribution in [0.5, 0.6) is 0 Å². The predicted octanol–water partition coefficient (Wildman–Crippen LogP) is 2.09. The van der Waals surface area contributed by atoms with Gasteiger partial charge in [0.1, 0.15) is 0 Å². The predicted molar refractivity (Wildman–Crippen MR) is 62.2 cm³/mol. The van der Waals surface area contributed by atoms with E-state index in [0.717, 1.165) is 12.5 Å². The topological polar surface area (TPSA) is 29.3 Å². The van der Waals surface area contributed by atoms with Crippen LogP contribution in [0, 0.1) is 11.8 Å². The molecule has 3 atom stereocenters. The van der Waals surface area contributed by atoms with Crippen LogP contribution in [0.3, 0.4) is 0 Å². The fourth-order valence-corrected chi connectivity index (χ4v) is 2.50. The summed E-state index contributed by atoms with van der Waals surface area (Å²) in [5.74, 6) is 1.44. The Balaban J connectivity index is 2.80. The Labute approximate surface area is 88.8 Å². The van der Waals surface area contributed by atoms with Gasteiger partial charge in [-0.2, -0.15) is 0 Å². The molecule has 1 heterocycles. The Morgan fingerprint density at radius 1 is 1.43 bits per heavy atom. The lowest BCUT2D eigenvalue weighted by molar-refractivity contribution is 0.0543. The van der Waals surface area contributed by atoms with Gasteiger partial charge in [0, 0.05) is 18.1 Å². The fraction of sp³-hybridized carbons (Fsp3) is 1.00. The molecule has 84 valence electrons. The molecular weight excluding hydrogens is 172 g/mol. The first-order chi connectivity index (χ1) is 6.43. The number of hydrogen-bond acceptors (Lipinski definition) is 2. The van der Waals surface area contributed by atoms with Crippen molar-refractivity contribution < 1.29 is 0 Å². The summed E-state index contributed by atoms with van der Waals surface area (Å²) >= 11 is 0. The molecule has 0 aromatic carbocycles. The minimum Gasteiger partial charge on any atom is -0.329 e. The van der Waals surface area contributed by atoms with Gasteiger partial charge in [0.2, 0.25) is 0 Å². The van der Waals surface area contributed by atoms with E-state index < -0.39 is 0 Å². The lowest BCUT2D eigenvalue weighted by atomic mass is 9.85. The van der Waals surface area contributed by atoms with Gasteiger partial charge in [-0.25, -0.2) is 0 Å². The van der Waals surface area contributed by atoms with Crippen LogP contribution in [0.1, 0.15) is 41.0 Å². The van der Waals surface area contributed by atoms with E-state index in [9.17, 15) is 0 Å². The zero-order valence-corrected chi connectivity index (χ0v) is 10.4. The average Bonchev–Trinajstić information content (AvgIpc) is 2.46. The summed E-state index contributed by atoms with van der Waals surface area (Å²) < 4.78 is 0. The van der Waals surface area contributed by atoms with Crippen LogP contribution in [-0.4, -0.2) is 29.6 Å². The number of nitrogens with two attached hydrogens (primary N) is 1. The molecule has 1 saturated heterocycles. The Kier molecular flexibility index (Phi) is 3.59. The zero-order valence-electron chi connectivity index (χ0n) is 10.4. The third kappa shape index (κ3) is 1.82. The van der Waals surface area contributed by atoms with Crippen molar-refractivity contribution in [3.05, 3.63) is 0 Å². The third-order valence-electron chi connectivity index (χ3n) is 4.45. The fourth-order valence-electron chi connectivity index (χ4n) is 2.50. The van der Waals surface area contributed by atoms with Crippen molar-refractivity contribution in [1.82, 2.24) is 4.90 Å². The molecule has 3 unspecified atom stereocenters. The average molecular weight is 198 g/mol. The lowest BCUT2D eigenvalue weighted by Crippen LogP contribution is -2.56. The van der Waals surface area contributed by atoms with Crippen molar-refractivity contribution >= 4 is 0 Å². The van der Waals surface area contributed by atoms with E-state index in [0.29, 0.717) is 12.0 Å². The molecule has 0 spiro atoms. The van der Waals surface area contributed by atoms with Crippen molar-refractivity contribution in [2.75, 3.05) is 13.1 Å². The van der Waals surface area contributed by atoms with Crippen molar-refractivity contribution in [3.63, 3.8) is 0 Å². The molecule has 1 fully saturated rings. The number of rotatable bonds is 3. The smallest absolute Gasteiger partial charge is 0.0329 e. The maximum absolute atomic E-state index is 5.95. The van der Waals surface area contributed by atoms with Gasteiger partial charge in [0.05, 0.1) is 0 Å². The van der Waals surface area contributed by atoms with Gasteiger partial charge in [-0.1, -0.05) is 20.8 Å². The van der Waals surface area contributed by atoms with Crippen LogP contribution >= 0.6 is 0 Å². The second-order valence-corrected chi connectivity index (χ2v) is 5.42. The number of hydrogen-bond donors (Lipinski definition) is 1. The summed E-state index contributed by atoms with van der Waals surface area (Å²) in [5.41, 5.74) is 6.14. The number of likely N-dealkylation sites (tertiary alicyclic amines) is 1. The summed E-state index contributed by atoms with van der Waals surface area (Å²) in [6.07, 6.45) is 1.32. The van der Waals surface area contributed by atoms with E-state index >= 15 is 0 Å². The Morgan fingerprint density at radius 2 is 2.00 bits per heavy atom. The summed E-state index contributed by atoms with van der Waals surface area (Å²) in [6.45, 7) is 13.5. The van der Waals surface area contributed by atoms with Gasteiger partial charge in [-0.15, -0.1) is 0 Å². The van der Waals surface area contributed by atoms with Crippen molar-refractivity contribution in [1.29, 1.82) is 0 Å². The number of nitrogens with zero attached hydrogens (tertiary/aromatic N) is 1. The van der Waals surface area contributed by atoms with E-state index in [1.807, 2.05) is 0 Å². The largest absolute Gasteiger partial charge is 0.329 e. The van der Waals surface area contributed by atoms with Crippen molar-refractivity contribution in [2.45, 2.75) is 52.6 Å². The van der Waals surface area contributed by atoms with Gasteiger partial charge < -0.3 is 5.73 Å². The highest BCUT2D eigenvalue weighted by atomic mass is 15.3. The molecule has 1 aliphatic rings. The van der Waals surface area contributed by atoms with Crippen LogP contribution in [0.2, 0.25) is 0 Å². The standard InChI is InChI=1S/C12H26N2/c1-9(2)12(5,8-13)14-7-6-10(3)11(14)4/h9-11H,6-8,13H2,1-5H3. The van der Waals surface area contributed by atoms with E-state index in [1.165, 1.54) is 13.0 Å². The molecule has 0 aliphatic carbocycles. The second kappa shape index (κ2) is 4.19. The molecule has 2 nitrogen and oxygen atoms in total. The maximum Gasteiger partial charge on any atom is 0.0329 e. The van der Waals surface area contributed by atoms with E-state index in [1.54, 1.807) is 0 Å². The highest BCUT2D eigenvalue weighted by Crippen LogP contribution is 2.34. The van der Waals surface area contributed by atoms with E-state index in [4.69, 9.17) is 5.73 Å². The Hall–Kier alpha value is -0.0800. The zero-order chi connectivity index (χ0) is 10.9. The first-order valence-electron chi connectivity index (χ1n) is 5.90. The highest BCUT2D eigenvalue weighted by molar-refractivity contribution is 4.97. The third-order valence-corrected chi connectivity index (χ3v) is 4.45. The molecule has 14 heavy (non-hydrogen) atoms. The van der Waals surface area contributed by atoms with Gasteiger partial charge in [0.15, 0.2) is 0 Å². The summed E-state index contributed by atoms with van der Waals surface area (Å²) in [6, 6.07) is 0.686. The summed E-state index contributed by atoms with van der Waals surface area (Å²) in [4.78, 5) is 2.61. The molecule has 2 heteroatoms. The quantitative estimate of drug-likeness (QED) is 0.752. The van der Waals surface area contributed by atoms with Gasteiger partial charge in [0.25, 0.3) is 0 Å². The molecule has 1 aliphatic heterocycles. The SMILES string of the molecule is CC1CCN(C(C)(CN)C(C)C)C1C. The molecule has 0 aromatic heterocycles. The van der Waals surface area contributed by atoms with Gasteiger partial charge in [-0.3, -0.25) is 4.90 Å². The molecule has 1 rings (SSSR count). The van der Waals surface area contributed by atoms with Crippen LogP contribution in [0.4, 0.5) is 0 Å². The first kappa shape index (κ1) is 12.0. The highest BCUT2D eigenvalue weighted by Gasteiger charge is 2.41. The lowest BCUT2D eigenvalue weighted by Gasteiger charge is -2.44. The van der Waals surface area contributed by atoms with Crippen molar-refractivity contribution in [3.8, 4) is 0 Å². The van der Waals surface area contributed by atoms with Crippen LogP contribution in [0.25, 0.3) is 0 Å². The Morgan fingerprint density at radius 3 is 2.29 bits per heavy atom. The monoisotopic (exact) mass is 198 g/mol. The van der Waals surface area contributed by atoms with Crippen LogP contribution < -0.4 is 5.73 Å². The minimum atomic E-state index is 0.185. The van der Waals surface area contributed by atoms with E-state index in [-0.39, 0.29) is 5.54 Å².